The number of benzene rings is 2. The fraction of sp³-hybridized carbons (Fsp3) is 0.167. The van der Waals surface area contributed by atoms with E-state index < -0.39 is 22.0 Å². The highest BCUT2D eigenvalue weighted by Crippen LogP contribution is 2.28. The number of carbonyl (C=O) groups is 1. The van der Waals surface area contributed by atoms with E-state index >= 15 is 0 Å². The number of hydrogen-bond acceptors (Lipinski definition) is 6. The molecule has 1 N–H and O–H groups in total. The zero-order valence-electron chi connectivity index (χ0n) is 15.3. The first-order valence-electron chi connectivity index (χ1n) is 8.30. The van der Waals surface area contributed by atoms with Crippen LogP contribution in [0.3, 0.4) is 0 Å². The molecule has 1 aromatic heterocycles. The Hall–Kier alpha value is -2.20. The second-order valence-electron chi connectivity index (χ2n) is 6.12. The van der Waals surface area contributed by atoms with Crippen LogP contribution in [0, 0.1) is 0 Å². The van der Waals surface area contributed by atoms with Crippen LogP contribution in [-0.4, -0.2) is 36.8 Å². The monoisotopic (exact) mass is 470 g/mol. The third kappa shape index (κ3) is 5.24. The number of rotatable bonds is 6. The molecule has 0 spiro atoms. The lowest BCUT2D eigenvalue weighted by Gasteiger charge is -2.27. The summed E-state index contributed by atoms with van der Waals surface area (Å²) in [4.78, 5) is 12.7. The molecule has 0 radical (unpaired) electrons. The molecule has 29 heavy (non-hydrogen) atoms. The number of aromatic nitrogens is 2. The SMILES string of the molecule is CC(C(=O)Nc1nnc(-c2ccc(Cl)cc2)s1)N(c1cccc(Cl)c1)S(C)(=O)=O. The summed E-state index contributed by atoms with van der Waals surface area (Å²) < 4.78 is 25.7. The Balaban J connectivity index is 1.81. The molecule has 3 aromatic rings. The van der Waals surface area contributed by atoms with Crippen LogP contribution in [0.5, 0.6) is 0 Å². The molecule has 1 atom stereocenters. The molecule has 0 saturated carbocycles. The fourth-order valence-corrected chi connectivity index (χ4v) is 4.84. The van der Waals surface area contributed by atoms with Crippen molar-refractivity contribution >= 4 is 61.3 Å². The van der Waals surface area contributed by atoms with E-state index in [4.69, 9.17) is 23.2 Å². The van der Waals surface area contributed by atoms with Gasteiger partial charge in [-0.05, 0) is 37.3 Å². The quantitative estimate of drug-likeness (QED) is 0.579. The highest BCUT2D eigenvalue weighted by Gasteiger charge is 2.30. The first kappa shape index (κ1) is 21.5. The average molecular weight is 471 g/mol. The minimum atomic E-state index is -3.74. The molecule has 1 heterocycles. The Morgan fingerprint density at radius 1 is 1.10 bits per heavy atom. The molecular formula is C18H16Cl2N4O3S2. The maximum absolute atomic E-state index is 12.7. The van der Waals surface area contributed by atoms with E-state index in [2.05, 4.69) is 15.5 Å². The first-order valence-corrected chi connectivity index (χ1v) is 11.7. The molecule has 11 heteroatoms. The van der Waals surface area contributed by atoms with Gasteiger partial charge < -0.3 is 0 Å². The molecule has 0 saturated heterocycles. The van der Waals surface area contributed by atoms with Gasteiger partial charge >= 0.3 is 0 Å². The lowest BCUT2D eigenvalue weighted by molar-refractivity contribution is -0.116. The van der Waals surface area contributed by atoms with Crippen LogP contribution in [-0.2, 0) is 14.8 Å². The highest BCUT2D eigenvalue weighted by atomic mass is 35.5. The van der Waals surface area contributed by atoms with Gasteiger partial charge in [0.15, 0.2) is 0 Å². The van der Waals surface area contributed by atoms with E-state index in [-0.39, 0.29) is 5.13 Å². The van der Waals surface area contributed by atoms with Gasteiger partial charge in [-0.15, -0.1) is 10.2 Å². The molecule has 7 nitrogen and oxygen atoms in total. The van der Waals surface area contributed by atoms with Crippen LogP contribution >= 0.6 is 34.5 Å². The summed E-state index contributed by atoms with van der Waals surface area (Å²) in [6, 6.07) is 12.3. The van der Waals surface area contributed by atoms with Crippen molar-refractivity contribution in [1.29, 1.82) is 0 Å². The van der Waals surface area contributed by atoms with Crippen LogP contribution in [0.2, 0.25) is 10.0 Å². The van der Waals surface area contributed by atoms with E-state index in [1.54, 1.807) is 42.5 Å². The number of anilines is 2. The summed E-state index contributed by atoms with van der Waals surface area (Å²) in [5.41, 5.74) is 1.10. The van der Waals surface area contributed by atoms with Crippen LogP contribution in [0.25, 0.3) is 10.6 Å². The van der Waals surface area contributed by atoms with Gasteiger partial charge in [-0.2, -0.15) is 0 Å². The lowest BCUT2D eigenvalue weighted by atomic mass is 10.2. The predicted molar refractivity (Wildman–Crippen MR) is 117 cm³/mol. The second-order valence-corrected chi connectivity index (χ2v) is 9.83. The molecule has 0 bridgehead atoms. The number of sulfonamides is 1. The Labute approximate surface area is 182 Å². The third-order valence-corrected chi connectivity index (χ3v) is 6.51. The molecule has 152 valence electrons. The first-order chi connectivity index (χ1) is 13.6. The van der Waals surface area contributed by atoms with Crippen LogP contribution in [0.4, 0.5) is 10.8 Å². The van der Waals surface area contributed by atoms with Gasteiger partial charge in [0.05, 0.1) is 11.9 Å². The van der Waals surface area contributed by atoms with Gasteiger partial charge in [0.25, 0.3) is 0 Å². The second kappa shape index (κ2) is 8.66. The number of nitrogens with one attached hydrogen (secondary N) is 1. The molecule has 2 aromatic carbocycles. The zero-order chi connectivity index (χ0) is 21.2. The Morgan fingerprint density at radius 2 is 1.79 bits per heavy atom. The predicted octanol–water partition coefficient (Wildman–Crippen LogP) is 4.31. The summed E-state index contributed by atoms with van der Waals surface area (Å²) in [7, 11) is -3.74. The standard InChI is InChI=1S/C18H16Cl2N4O3S2/c1-11(24(29(2,26)27)15-5-3-4-14(20)10-15)16(25)21-18-23-22-17(28-18)12-6-8-13(19)9-7-12/h3-11H,1-2H3,(H,21,23,25). The molecular weight excluding hydrogens is 455 g/mol. The van der Waals surface area contributed by atoms with Crippen LogP contribution < -0.4 is 9.62 Å². The summed E-state index contributed by atoms with van der Waals surface area (Å²) in [6.45, 7) is 1.48. The highest BCUT2D eigenvalue weighted by molar-refractivity contribution is 7.92. The van der Waals surface area contributed by atoms with E-state index in [9.17, 15) is 13.2 Å². The van der Waals surface area contributed by atoms with Gasteiger partial charge in [-0.3, -0.25) is 14.4 Å². The van der Waals surface area contributed by atoms with Crippen LogP contribution in [0.15, 0.2) is 48.5 Å². The third-order valence-electron chi connectivity index (χ3n) is 3.90. The molecule has 0 aliphatic heterocycles. The van der Waals surface area contributed by atoms with Crippen LogP contribution in [0.1, 0.15) is 6.92 Å². The summed E-state index contributed by atoms with van der Waals surface area (Å²) >= 11 is 13.0. The van der Waals surface area contributed by atoms with Crippen molar-refractivity contribution in [2.75, 3.05) is 15.9 Å². The Bertz CT molecular complexity index is 1130. The van der Waals surface area contributed by atoms with Crippen molar-refractivity contribution < 1.29 is 13.2 Å². The van der Waals surface area contributed by atoms with Crippen molar-refractivity contribution in [3.63, 3.8) is 0 Å². The maximum Gasteiger partial charge on any atom is 0.249 e. The average Bonchev–Trinajstić information content (AvgIpc) is 3.09. The number of hydrogen-bond donors (Lipinski definition) is 1. The lowest BCUT2D eigenvalue weighted by Crippen LogP contribution is -2.45. The van der Waals surface area contributed by atoms with Gasteiger partial charge in [-0.1, -0.05) is 52.7 Å². The van der Waals surface area contributed by atoms with Crippen molar-refractivity contribution in [1.82, 2.24) is 10.2 Å². The Kier molecular flexibility index (Phi) is 6.42. The van der Waals surface area contributed by atoms with Gasteiger partial charge in [0.1, 0.15) is 11.0 Å². The van der Waals surface area contributed by atoms with E-state index in [1.165, 1.54) is 24.3 Å². The summed E-state index contributed by atoms with van der Waals surface area (Å²) in [6.07, 6.45) is 1.03. The van der Waals surface area contributed by atoms with Crippen molar-refractivity contribution in [2.45, 2.75) is 13.0 Å². The molecule has 3 rings (SSSR count). The Morgan fingerprint density at radius 3 is 2.41 bits per heavy atom. The minimum Gasteiger partial charge on any atom is -0.299 e. The van der Waals surface area contributed by atoms with Crippen molar-refractivity contribution in [2.24, 2.45) is 0 Å². The smallest absolute Gasteiger partial charge is 0.249 e. The largest absolute Gasteiger partial charge is 0.299 e. The van der Waals surface area contributed by atoms with Gasteiger partial charge in [-0.25, -0.2) is 8.42 Å². The normalized spacial score (nSPS) is 12.4. The number of nitrogens with zero attached hydrogens (tertiary/aromatic N) is 3. The number of halogens is 2. The van der Waals surface area contributed by atoms with Crippen molar-refractivity contribution in [3.05, 3.63) is 58.6 Å². The van der Waals surface area contributed by atoms with E-state index in [0.29, 0.717) is 20.7 Å². The molecule has 1 unspecified atom stereocenters. The molecule has 1 amide bonds. The minimum absolute atomic E-state index is 0.256. The van der Waals surface area contributed by atoms with E-state index in [0.717, 1.165) is 16.1 Å². The molecule has 0 aliphatic carbocycles. The molecule has 0 aliphatic rings. The molecule has 0 fully saturated rings. The summed E-state index contributed by atoms with van der Waals surface area (Å²) in [5, 5.41) is 12.4. The zero-order valence-corrected chi connectivity index (χ0v) is 18.5. The van der Waals surface area contributed by atoms with Crippen molar-refractivity contribution in [3.8, 4) is 10.6 Å². The summed E-state index contributed by atoms with van der Waals surface area (Å²) in [5.74, 6) is -0.547. The number of amides is 1. The fourth-order valence-electron chi connectivity index (χ4n) is 2.61. The number of carbonyl (C=O) groups excluding carboxylic acids is 1. The topological polar surface area (TPSA) is 92.3 Å². The van der Waals surface area contributed by atoms with E-state index in [1.807, 2.05) is 0 Å². The van der Waals surface area contributed by atoms with Gasteiger partial charge in [0.2, 0.25) is 21.1 Å². The van der Waals surface area contributed by atoms with Gasteiger partial charge in [0, 0.05) is 15.6 Å². The maximum atomic E-state index is 12.7.